The SMILES string of the molecule is O=C(Nc1cccc(C(=O)NC2CC2)c1)C1=CN2CCS(=O)(=O)N=C2C=C1. The summed E-state index contributed by atoms with van der Waals surface area (Å²) in [6, 6.07) is 7.01. The molecule has 1 aliphatic carbocycles. The number of anilines is 1. The molecule has 1 saturated carbocycles. The van der Waals surface area contributed by atoms with Gasteiger partial charge in [0.1, 0.15) is 5.84 Å². The highest BCUT2D eigenvalue weighted by molar-refractivity contribution is 7.90. The molecule has 9 heteroatoms. The van der Waals surface area contributed by atoms with Gasteiger partial charge in [0.05, 0.1) is 11.3 Å². The number of rotatable bonds is 4. The van der Waals surface area contributed by atoms with Crippen molar-refractivity contribution >= 4 is 33.4 Å². The van der Waals surface area contributed by atoms with E-state index in [1.54, 1.807) is 35.4 Å². The molecule has 0 aromatic heterocycles. The molecule has 4 rings (SSSR count). The van der Waals surface area contributed by atoms with Crippen molar-refractivity contribution in [2.75, 3.05) is 17.6 Å². The summed E-state index contributed by atoms with van der Waals surface area (Å²) >= 11 is 0. The van der Waals surface area contributed by atoms with Crippen LogP contribution in [-0.4, -0.2) is 49.3 Å². The van der Waals surface area contributed by atoms with Gasteiger partial charge in [-0.1, -0.05) is 6.07 Å². The average molecular weight is 386 g/mol. The summed E-state index contributed by atoms with van der Waals surface area (Å²) in [7, 11) is -3.43. The fourth-order valence-electron chi connectivity index (χ4n) is 2.77. The first kappa shape index (κ1) is 17.5. The molecule has 0 radical (unpaired) electrons. The van der Waals surface area contributed by atoms with E-state index in [1.807, 2.05) is 0 Å². The Labute approximate surface area is 156 Å². The van der Waals surface area contributed by atoms with Gasteiger partial charge in [-0.25, -0.2) is 8.42 Å². The Hall–Kier alpha value is -2.94. The predicted octanol–water partition coefficient (Wildman–Crippen LogP) is 1.01. The van der Waals surface area contributed by atoms with E-state index in [0.29, 0.717) is 22.7 Å². The van der Waals surface area contributed by atoms with Crippen LogP contribution in [0.1, 0.15) is 23.2 Å². The molecule has 1 fully saturated rings. The van der Waals surface area contributed by atoms with Gasteiger partial charge in [-0.2, -0.15) is 0 Å². The lowest BCUT2D eigenvalue weighted by molar-refractivity contribution is -0.112. The lowest BCUT2D eigenvalue weighted by atomic mass is 10.1. The van der Waals surface area contributed by atoms with E-state index in [1.165, 1.54) is 12.2 Å². The van der Waals surface area contributed by atoms with Crippen molar-refractivity contribution in [2.45, 2.75) is 18.9 Å². The Morgan fingerprint density at radius 3 is 2.74 bits per heavy atom. The monoisotopic (exact) mass is 386 g/mol. The van der Waals surface area contributed by atoms with Crippen LogP contribution in [0, 0.1) is 0 Å². The molecule has 3 aliphatic rings. The van der Waals surface area contributed by atoms with Gasteiger partial charge < -0.3 is 15.5 Å². The number of sulfonamides is 1. The zero-order chi connectivity index (χ0) is 19.0. The van der Waals surface area contributed by atoms with E-state index < -0.39 is 10.0 Å². The Kier molecular flexibility index (Phi) is 4.31. The summed E-state index contributed by atoms with van der Waals surface area (Å²) in [6.07, 6.45) is 6.62. The van der Waals surface area contributed by atoms with Crippen molar-refractivity contribution in [3.05, 3.63) is 53.8 Å². The van der Waals surface area contributed by atoms with Gasteiger partial charge in [0.25, 0.3) is 21.8 Å². The summed E-state index contributed by atoms with van der Waals surface area (Å²) in [5, 5.41) is 5.67. The van der Waals surface area contributed by atoms with Gasteiger partial charge in [0.15, 0.2) is 0 Å². The van der Waals surface area contributed by atoms with Crippen LogP contribution in [0.4, 0.5) is 5.69 Å². The average Bonchev–Trinajstić information content (AvgIpc) is 3.44. The van der Waals surface area contributed by atoms with Crippen LogP contribution in [0.15, 0.2) is 52.6 Å². The summed E-state index contributed by atoms with van der Waals surface area (Å²) < 4.78 is 26.8. The number of nitrogens with zero attached hydrogens (tertiary/aromatic N) is 2. The van der Waals surface area contributed by atoms with E-state index in [2.05, 4.69) is 15.0 Å². The zero-order valence-corrected chi connectivity index (χ0v) is 15.2. The largest absolute Gasteiger partial charge is 0.349 e. The van der Waals surface area contributed by atoms with Crippen LogP contribution in [0.3, 0.4) is 0 Å². The third-order valence-corrected chi connectivity index (χ3v) is 5.55. The van der Waals surface area contributed by atoms with Crippen molar-refractivity contribution in [1.29, 1.82) is 0 Å². The molecule has 0 unspecified atom stereocenters. The highest BCUT2D eigenvalue weighted by Crippen LogP contribution is 2.21. The number of fused-ring (bicyclic) bond motifs is 1. The molecular weight excluding hydrogens is 368 g/mol. The number of hydrogen-bond acceptors (Lipinski definition) is 5. The van der Waals surface area contributed by atoms with Crippen molar-refractivity contribution in [1.82, 2.24) is 10.2 Å². The number of carbonyl (C=O) groups is 2. The van der Waals surface area contributed by atoms with Gasteiger partial charge in [-0.15, -0.1) is 4.40 Å². The fourth-order valence-corrected chi connectivity index (χ4v) is 3.74. The quantitative estimate of drug-likeness (QED) is 0.803. The third-order valence-electron chi connectivity index (χ3n) is 4.38. The second kappa shape index (κ2) is 6.66. The van der Waals surface area contributed by atoms with Gasteiger partial charge >= 0.3 is 0 Å². The molecule has 1 aromatic rings. The van der Waals surface area contributed by atoms with E-state index in [0.717, 1.165) is 12.8 Å². The minimum atomic E-state index is -3.43. The van der Waals surface area contributed by atoms with Crippen molar-refractivity contribution in [2.24, 2.45) is 4.40 Å². The molecule has 140 valence electrons. The first-order chi connectivity index (χ1) is 12.9. The van der Waals surface area contributed by atoms with Crippen LogP contribution in [0.25, 0.3) is 0 Å². The van der Waals surface area contributed by atoms with E-state index in [-0.39, 0.29) is 30.2 Å². The second-order valence-corrected chi connectivity index (χ2v) is 8.38. The van der Waals surface area contributed by atoms with Crippen molar-refractivity contribution < 1.29 is 18.0 Å². The number of nitrogens with one attached hydrogen (secondary N) is 2. The Morgan fingerprint density at radius 1 is 1.15 bits per heavy atom. The lowest BCUT2D eigenvalue weighted by Crippen LogP contribution is -2.37. The van der Waals surface area contributed by atoms with Gasteiger partial charge in [0, 0.05) is 30.0 Å². The summed E-state index contributed by atoms with van der Waals surface area (Å²) in [4.78, 5) is 26.3. The first-order valence-electron chi connectivity index (χ1n) is 8.61. The molecule has 0 saturated heterocycles. The third kappa shape index (κ3) is 4.08. The van der Waals surface area contributed by atoms with Gasteiger partial charge in [0.2, 0.25) is 0 Å². The van der Waals surface area contributed by atoms with Crippen LogP contribution in [0.2, 0.25) is 0 Å². The number of benzene rings is 1. The smallest absolute Gasteiger partial charge is 0.257 e. The van der Waals surface area contributed by atoms with Crippen LogP contribution in [-0.2, 0) is 14.8 Å². The number of hydrogen-bond donors (Lipinski definition) is 2. The molecule has 2 amide bonds. The second-order valence-electron chi connectivity index (χ2n) is 6.63. The first-order valence-corrected chi connectivity index (χ1v) is 10.2. The van der Waals surface area contributed by atoms with Crippen molar-refractivity contribution in [3.8, 4) is 0 Å². The summed E-state index contributed by atoms with van der Waals surface area (Å²) in [6.45, 7) is 0.249. The van der Waals surface area contributed by atoms with Crippen LogP contribution in [0.5, 0.6) is 0 Å². The topological polar surface area (TPSA) is 108 Å². The highest BCUT2D eigenvalue weighted by Gasteiger charge is 2.25. The maximum absolute atomic E-state index is 12.5. The van der Waals surface area contributed by atoms with E-state index in [4.69, 9.17) is 0 Å². The highest BCUT2D eigenvalue weighted by atomic mass is 32.2. The van der Waals surface area contributed by atoms with E-state index in [9.17, 15) is 18.0 Å². The Bertz CT molecular complexity index is 1010. The van der Waals surface area contributed by atoms with Gasteiger partial charge in [-0.3, -0.25) is 9.59 Å². The normalized spacial score (nSPS) is 20.2. The maximum atomic E-state index is 12.5. The Balaban J connectivity index is 1.46. The molecule has 27 heavy (non-hydrogen) atoms. The molecule has 1 aromatic carbocycles. The van der Waals surface area contributed by atoms with Crippen LogP contribution >= 0.6 is 0 Å². The van der Waals surface area contributed by atoms with Gasteiger partial charge in [-0.05, 0) is 43.2 Å². The zero-order valence-electron chi connectivity index (χ0n) is 14.4. The maximum Gasteiger partial charge on any atom is 0.257 e. The molecule has 0 spiro atoms. The summed E-state index contributed by atoms with van der Waals surface area (Å²) in [5.41, 5.74) is 1.38. The van der Waals surface area contributed by atoms with E-state index >= 15 is 0 Å². The molecule has 2 N–H and O–H groups in total. The predicted molar refractivity (Wildman–Crippen MR) is 101 cm³/mol. The number of amides is 2. The molecule has 2 heterocycles. The standard InChI is InChI=1S/C18H18N4O4S/c23-17(19-14-5-6-14)12-2-1-3-15(10-12)20-18(24)13-4-7-16-21-27(25,26)9-8-22(16)11-13/h1-4,7,10-11,14H,5-6,8-9H2,(H,19,23)(H,20,24). The fraction of sp³-hybridized carbons (Fsp3) is 0.278. The Morgan fingerprint density at radius 2 is 1.96 bits per heavy atom. The number of amidine groups is 1. The van der Waals surface area contributed by atoms with Crippen molar-refractivity contribution in [3.63, 3.8) is 0 Å². The lowest BCUT2D eigenvalue weighted by Gasteiger charge is -2.26. The molecule has 2 aliphatic heterocycles. The van der Waals surface area contributed by atoms with Crippen LogP contribution < -0.4 is 10.6 Å². The molecule has 0 bridgehead atoms. The minimum Gasteiger partial charge on any atom is -0.349 e. The summed E-state index contributed by atoms with van der Waals surface area (Å²) in [5.74, 6) is -0.288. The minimum absolute atomic E-state index is 0.0894. The molecule has 8 nitrogen and oxygen atoms in total. The number of carbonyl (C=O) groups excluding carboxylic acids is 2. The molecular formula is C18H18N4O4S. The molecule has 0 atom stereocenters.